The summed E-state index contributed by atoms with van der Waals surface area (Å²) in [5.41, 5.74) is 0. The third-order valence-electron chi connectivity index (χ3n) is 5.24. The lowest BCUT2D eigenvalue weighted by atomic mass is 10.0. The maximum absolute atomic E-state index is 12.7. The van der Waals surface area contributed by atoms with E-state index in [2.05, 4.69) is 0 Å². The molecule has 0 N–H and O–H groups in total. The Morgan fingerprint density at radius 3 is 1.64 bits per heavy atom. The van der Waals surface area contributed by atoms with E-state index in [4.69, 9.17) is 9.47 Å². The summed E-state index contributed by atoms with van der Waals surface area (Å²) in [6, 6.07) is 0. The molecule has 7 heteroatoms. The van der Waals surface area contributed by atoms with Crippen LogP contribution >= 0.6 is 0 Å². The van der Waals surface area contributed by atoms with Crippen molar-refractivity contribution in [3.8, 4) is 0 Å². The minimum Gasteiger partial charge on any atom is -0.353 e. The lowest BCUT2D eigenvalue weighted by molar-refractivity contribution is -0.284. The normalized spacial score (nSPS) is 18.5. The molecule has 28 heavy (non-hydrogen) atoms. The van der Waals surface area contributed by atoms with Crippen LogP contribution < -0.4 is 0 Å². The van der Waals surface area contributed by atoms with Crippen molar-refractivity contribution in [2.75, 3.05) is 13.2 Å². The molecule has 0 aromatic carbocycles. The molecule has 1 rings (SSSR count). The summed E-state index contributed by atoms with van der Waals surface area (Å²) in [6.07, 6.45) is 8.07. The van der Waals surface area contributed by atoms with E-state index in [1.165, 1.54) is 38.5 Å². The van der Waals surface area contributed by atoms with Gasteiger partial charge >= 0.3 is 12.1 Å². The number of hydrogen-bond acceptors (Lipinski definition) is 2. The Balaban J connectivity index is 1.76. The van der Waals surface area contributed by atoms with E-state index >= 15 is 0 Å². The number of halogens is 5. The van der Waals surface area contributed by atoms with Crippen molar-refractivity contribution in [1.29, 1.82) is 0 Å². The molecule has 168 valence electrons. The highest BCUT2D eigenvalue weighted by Gasteiger charge is 2.56. The second kappa shape index (κ2) is 14.5. The summed E-state index contributed by atoms with van der Waals surface area (Å²) in [4.78, 5) is 0. The Morgan fingerprint density at radius 1 is 0.679 bits per heavy atom. The average molecular weight is 417 g/mol. The van der Waals surface area contributed by atoms with Crippen molar-refractivity contribution in [1.82, 2.24) is 0 Å². The minimum absolute atomic E-state index is 0.00915. The molecule has 0 aliphatic carbocycles. The van der Waals surface area contributed by atoms with Crippen LogP contribution in [0.2, 0.25) is 0 Å². The van der Waals surface area contributed by atoms with E-state index in [0.717, 1.165) is 58.2 Å². The first-order chi connectivity index (χ1) is 13.3. The molecule has 1 unspecified atom stereocenters. The molecule has 1 fully saturated rings. The fraction of sp³-hybridized carbons (Fsp3) is 1.00. The van der Waals surface area contributed by atoms with Gasteiger partial charge in [-0.1, -0.05) is 64.2 Å². The van der Waals surface area contributed by atoms with Gasteiger partial charge in [0.1, 0.15) is 0 Å². The first-order valence-electron chi connectivity index (χ1n) is 11.0. The van der Waals surface area contributed by atoms with Gasteiger partial charge in [0.15, 0.2) is 6.29 Å². The van der Waals surface area contributed by atoms with Crippen LogP contribution in [0.4, 0.5) is 22.0 Å². The Bertz CT molecular complexity index is 368. The van der Waals surface area contributed by atoms with Crippen LogP contribution in [0.3, 0.4) is 0 Å². The molecule has 0 spiro atoms. The Hall–Kier alpha value is -0.430. The maximum Gasteiger partial charge on any atom is 0.453 e. The fourth-order valence-electron chi connectivity index (χ4n) is 3.42. The standard InChI is InChI=1S/C21H37F5O2/c22-20(23,21(24,25)26)16-12-9-7-5-3-1-2-4-6-8-10-13-17-27-19-15-11-14-18-28-19/h19H,1-18H2. The van der Waals surface area contributed by atoms with E-state index in [-0.39, 0.29) is 12.7 Å². The van der Waals surface area contributed by atoms with E-state index in [1.807, 2.05) is 0 Å². The van der Waals surface area contributed by atoms with E-state index in [0.29, 0.717) is 6.42 Å². The molecular formula is C21H37F5O2. The zero-order valence-corrected chi connectivity index (χ0v) is 17.0. The largest absolute Gasteiger partial charge is 0.453 e. The number of ether oxygens (including phenoxy) is 2. The smallest absolute Gasteiger partial charge is 0.353 e. The summed E-state index contributed by atoms with van der Waals surface area (Å²) in [5, 5.41) is 0. The second-order valence-electron chi connectivity index (χ2n) is 7.86. The molecule has 1 heterocycles. The van der Waals surface area contributed by atoms with E-state index < -0.39 is 18.5 Å². The molecule has 2 nitrogen and oxygen atoms in total. The second-order valence-corrected chi connectivity index (χ2v) is 7.86. The van der Waals surface area contributed by atoms with Gasteiger partial charge in [-0.05, 0) is 32.1 Å². The number of hydrogen-bond donors (Lipinski definition) is 0. The van der Waals surface area contributed by atoms with Gasteiger partial charge < -0.3 is 9.47 Å². The highest BCUT2D eigenvalue weighted by Crippen LogP contribution is 2.39. The fourth-order valence-corrected chi connectivity index (χ4v) is 3.42. The summed E-state index contributed by atoms with van der Waals surface area (Å²) < 4.78 is 72.7. The van der Waals surface area contributed by atoms with E-state index in [1.54, 1.807) is 0 Å². The molecular weight excluding hydrogens is 379 g/mol. The zero-order chi connectivity index (χ0) is 20.7. The van der Waals surface area contributed by atoms with Crippen LogP contribution in [0, 0.1) is 0 Å². The summed E-state index contributed by atoms with van der Waals surface area (Å²) in [5.74, 6) is -4.54. The number of alkyl halides is 5. The summed E-state index contributed by atoms with van der Waals surface area (Å²) >= 11 is 0. The zero-order valence-electron chi connectivity index (χ0n) is 17.0. The molecule has 0 saturated carbocycles. The van der Waals surface area contributed by atoms with Gasteiger partial charge in [0.05, 0.1) is 0 Å². The lowest BCUT2D eigenvalue weighted by Crippen LogP contribution is -2.36. The molecule has 1 aliphatic heterocycles. The molecule has 1 saturated heterocycles. The number of unbranched alkanes of at least 4 members (excludes halogenated alkanes) is 11. The Kier molecular flexibility index (Phi) is 13.3. The van der Waals surface area contributed by atoms with Gasteiger partial charge in [0, 0.05) is 19.6 Å². The van der Waals surface area contributed by atoms with Crippen LogP contribution in [-0.4, -0.2) is 31.6 Å². The average Bonchev–Trinajstić information content (AvgIpc) is 2.64. The predicted molar refractivity (Wildman–Crippen MR) is 101 cm³/mol. The van der Waals surface area contributed by atoms with Gasteiger partial charge in [0.2, 0.25) is 0 Å². The maximum atomic E-state index is 12.7. The van der Waals surface area contributed by atoms with Crippen LogP contribution in [0.1, 0.15) is 103 Å². The van der Waals surface area contributed by atoms with Crippen LogP contribution in [0.15, 0.2) is 0 Å². The molecule has 1 aliphatic rings. The lowest BCUT2D eigenvalue weighted by Gasteiger charge is -2.22. The van der Waals surface area contributed by atoms with Gasteiger partial charge in [-0.15, -0.1) is 0 Å². The SMILES string of the molecule is FC(F)(F)C(F)(F)CCCCCCCCCCCCCCOC1CCCCO1. The Labute approximate surface area is 166 Å². The van der Waals surface area contributed by atoms with Crippen molar-refractivity contribution in [2.45, 2.75) is 121 Å². The minimum atomic E-state index is -5.41. The first-order valence-corrected chi connectivity index (χ1v) is 11.0. The third kappa shape index (κ3) is 12.2. The predicted octanol–water partition coefficient (Wildman–Crippen LogP) is 7.80. The molecule has 0 aromatic heterocycles. The van der Waals surface area contributed by atoms with Gasteiger partial charge in [0.25, 0.3) is 0 Å². The van der Waals surface area contributed by atoms with Crippen LogP contribution in [0.5, 0.6) is 0 Å². The van der Waals surface area contributed by atoms with Gasteiger partial charge in [-0.25, -0.2) is 0 Å². The molecule has 0 amide bonds. The van der Waals surface area contributed by atoms with Crippen LogP contribution in [-0.2, 0) is 9.47 Å². The number of rotatable bonds is 16. The summed E-state index contributed by atoms with van der Waals surface area (Å²) in [6.45, 7) is 1.60. The van der Waals surface area contributed by atoms with Crippen molar-refractivity contribution in [2.24, 2.45) is 0 Å². The molecule has 0 aromatic rings. The topological polar surface area (TPSA) is 18.5 Å². The molecule has 0 radical (unpaired) electrons. The Morgan fingerprint density at radius 2 is 1.18 bits per heavy atom. The van der Waals surface area contributed by atoms with Crippen molar-refractivity contribution < 1.29 is 31.4 Å². The van der Waals surface area contributed by atoms with Gasteiger partial charge in [-0.3, -0.25) is 0 Å². The highest BCUT2D eigenvalue weighted by molar-refractivity contribution is 4.75. The molecule has 1 atom stereocenters. The van der Waals surface area contributed by atoms with Gasteiger partial charge in [-0.2, -0.15) is 22.0 Å². The van der Waals surface area contributed by atoms with Crippen molar-refractivity contribution in [3.63, 3.8) is 0 Å². The molecule has 0 bridgehead atoms. The monoisotopic (exact) mass is 416 g/mol. The third-order valence-corrected chi connectivity index (χ3v) is 5.24. The quantitative estimate of drug-likeness (QED) is 0.189. The van der Waals surface area contributed by atoms with Crippen molar-refractivity contribution in [3.05, 3.63) is 0 Å². The van der Waals surface area contributed by atoms with Crippen LogP contribution in [0.25, 0.3) is 0 Å². The summed E-state index contributed by atoms with van der Waals surface area (Å²) in [7, 11) is 0. The van der Waals surface area contributed by atoms with E-state index in [9.17, 15) is 22.0 Å². The highest BCUT2D eigenvalue weighted by atomic mass is 19.4. The van der Waals surface area contributed by atoms with Crippen molar-refractivity contribution >= 4 is 0 Å². The first kappa shape index (κ1) is 25.6.